The molecule has 4 heteroatoms. The minimum absolute atomic E-state index is 0.0581. The molecule has 0 unspecified atom stereocenters. The molecule has 0 atom stereocenters. The Balaban J connectivity index is 1.87. The summed E-state index contributed by atoms with van der Waals surface area (Å²) in [4.78, 5) is 13.9. The Morgan fingerprint density at radius 3 is 2.63 bits per heavy atom. The van der Waals surface area contributed by atoms with Crippen LogP contribution in [0.25, 0.3) is 0 Å². The summed E-state index contributed by atoms with van der Waals surface area (Å²) in [6, 6.07) is 13.4. The highest BCUT2D eigenvalue weighted by atomic mass is 16.3. The number of nitrogens with zero attached hydrogens (tertiary/aromatic N) is 1. The molecular formula is C15H18N2O2. The van der Waals surface area contributed by atoms with E-state index in [9.17, 15) is 4.79 Å². The minimum atomic E-state index is 0.0581. The van der Waals surface area contributed by atoms with Gasteiger partial charge in [0.25, 0.3) is 0 Å². The van der Waals surface area contributed by atoms with Crippen molar-refractivity contribution in [2.45, 2.75) is 13.5 Å². The van der Waals surface area contributed by atoms with Crippen molar-refractivity contribution in [3.05, 3.63) is 54.5 Å². The van der Waals surface area contributed by atoms with Crippen LogP contribution in [0.3, 0.4) is 0 Å². The van der Waals surface area contributed by atoms with Crippen molar-refractivity contribution < 1.29 is 9.21 Å². The molecule has 19 heavy (non-hydrogen) atoms. The van der Waals surface area contributed by atoms with Crippen LogP contribution >= 0.6 is 0 Å². The van der Waals surface area contributed by atoms with Gasteiger partial charge in [0.2, 0.25) is 5.91 Å². The number of hydrogen-bond donors (Lipinski definition) is 1. The van der Waals surface area contributed by atoms with Gasteiger partial charge in [-0.05, 0) is 31.2 Å². The van der Waals surface area contributed by atoms with Gasteiger partial charge >= 0.3 is 0 Å². The number of amides is 1. The smallest absolute Gasteiger partial charge is 0.242 e. The second-order valence-electron chi connectivity index (χ2n) is 4.21. The van der Waals surface area contributed by atoms with E-state index in [0.29, 0.717) is 19.6 Å². The summed E-state index contributed by atoms with van der Waals surface area (Å²) < 4.78 is 5.26. The van der Waals surface area contributed by atoms with Crippen LogP contribution in [0, 0.1) is 0 Å². The standard InChI is InChI=1S/C15H18N2O2/c1-2-17(12-14-9-6-10-19-14)15(18)11-16-13-7-4-3-5-8-13/h3-10,16H,2,11-12H2,1H3. The Labute approximate surface area is 113 Å². The first kappa shape index (κ1) is 13.2. The Bertz CT molecular complexity index is 494. The number of furan rings is 1. The summed E-state index contributed by atoms with van der Waals surface area (Å²) >= 11 is 0. The molecule has 0 saturated carbocycles. The molecular weight excluding hydrogens is 240 g/mol. The van der Waals surface area contributed by atoms with Crippen LogP contribution in [0.5, 0.6) is 0 Å². The molecule has 0 fully saturated rings. The number of carbonyl (C=O) groups is 1. The van der Waals surface area contributed by atoms with Crippen molar-refractivity contribution in [2.75, 3.05) is 18.4 Å². The van der Waals surface area contributed by atoms with Gasteiger partial charge in [0.05, 0.1) is 19.4 Å². The second-order valence-corrected chi connectivity index (χ2v) is 4.21. The molecule has 1 heterocycles. The van der Waals surface area contributed by atoms with E-state index in [4.69, 9.17) is 4.42 Å². The van der Waals surface area contributed by atoms with Crippen LogP contribution in [0.2, 0.25) is 0 Å². The maximum atomic E-state index is 12.1. The highest BCUT2D eigenvalue weighted by Crippen LogP contribution is 2.07. The highest BCUT2D eigenvalue weighted by molar-refractivity contribution is 5.80. The van der Waals surface area contributed by atoms with Crippen molar-refractivity contribution in [3.63, 3.8) is 0 Å². The largest absolute Gasteiger partial charge is 0.467 e. The maximum absolute atomic E-state index is 12.1. The lowest BCUT2D eigenvalue weighted by Crippen LogP contribution is -2.34. The topological polar surface area (TPSA) is 45.5 Å². The fourth-order valence-electron chi connectivity index (χ4n) is 1.81. The van der Waals surface area contributed by atoms with E-state index in [-0.39, 0.29) is 5.91 Å². The molecule has 0 aliphatic heterocycles. The number of benzene rings is 1. The molecule has 2 aromatic rings. The SMILES string of the molecule is CCN(Cc1ccco1)C(=O)CNc1ccccc1. The number of carbonyl (C=O) groups excluding carboxylic acids is 1. The summed E-state index contributed by atoms with van der Waals surface area (Å²) in [5.41, 5.74) is 0.949. The van der Waals surface area contributed by atoms with E-state index in [1.54, 1.807) is 11.2 Å². The summed E-state index contributed by atoms with van der Waals surface area (Å²) in [5, 5.41) is 3.12. The first-order chi connectivity index (χ1) is 9.29. The van der Waals surface area contributed by atoms with Crippen LogP contribution in [-0.4, -0.2) is 23.9 Å². The molecule has 2 rings (SSSR count). The third-order valence-corrected chi connectivity index (χ3v) is 2.88. The zero-order valence-electron chi connectivity index (χ0n) is 11.0. The Morgan fingerprint density at radius 2 is 2.00 bits per heavy atom. The number of nitrogens with one attached hydrogen (secondary N) is 1. The molecule has 0 spiro atoms. The van der Waals surface area contributed by atoms with Gasteiger partial charge in [-0.25, -0.2) is 0 Å². The molecule has 0 aliphatic rings. The number of para-hydroxylation sites is 1. The van der Waals surface area contributed by atoms with Crippen LogP contribution in [0.1, 0.15) is 12.7 Å². The minimum Gasteiger partial charge on any atom is -0.467 e. The average molecular weight is 258 g/mol. The van der Waals surface area contributed by atoms with E-state index in [1.807, 2.05) is 49.4 Å². The number of likely N-dealkylation sites (N-methyl/N-ethyl adjacent to an activating group) is 1. The average Bonchev–Trinajstić information content (AvgIpc) is 2.96. The third kappa shape index (κ3) is 3.88. The highest BCUT2D eigenvalue weighted by Gasteiger charge is 2.12. The van der Waals surface area contributed by atoms with Crippen LogP contribution < -0.4 is 5.32 Å². The number of rotatable bonds is 6. The van der Waals surface area contributed by atoms with Crippen LogP contribution in [0.15, 0.2) is 53.1 Å². The van der Waals surface area contributed by atoms with Crippen molar-refractivity contribution in [2.24, 2.45) is 0 Å². The van der Waals surface area contributed by atoms with Crippen molar-refractivity contribution in [1.29, 1.82) is 0 Å². The van der Waals surface area contributed by atoms with Gasteiger partial charge in [-0.1, -0.05) is 18.2 Å². The van der Waals surface area contributed by atoms with E-state index >= 15 is 0 Å². The molecule has 1 aromatic heterocycles. The molecule has 0 bridgehead atoms. The first-order valence-corrected chi connectivity index (χ1v) is 6.38. The molecule has 4 nitrogen and oxygen atoms in total. The lowest BCUT2D eigenvalue weighted by Gasteiger charge is -2.20. The predicted octanol–water partition coefficient (Wildman–Crippen LogP) is 2.74. The molecule has 0 radical (unpaired) electrons. The van der Waals surface area contributed by atoms with E-state index in [2.05, 4.69) is 5.32 Å². The Hall–Kier alpha value is -2.23. The van der Waals surface area contributed by atoms with Crippen molar-refractivity contribution in [3.8, 4) is 0 Å². The second kappa shape index (κ2) is 6.64. The normalized spacial score (nSPS) is 10.2. The van der Waals surface area contributed by atoms with Crippen LogP contribution in [-0.2, 0) is 11.3 Å². The fourth-order valence-corrected chi connectivity index (χ4v) is 1.81. The third-order valence-electron chi connectivity index (χ3n) is 2.88. The Kier molecular flexibility index (Phi) is 4.61. The van der Waals surface area contributed by atoms with Gasteiger partial charge in [0.1, 0.15) is 5.76 Å². The lowest BCUT2D eigenvalue weighted by molar-refractivity contribution is -0.129. The summed E-state index contributed by atoms with van der Waals surface area (Å²) in [6.07, 6.45) is 1.62. The summed E-state index contributed by atoms with van der Waals surface area (Å²) in [5.74, 6) is 0.859. The van der Waals surface area contributed by atoms with Gasteiger partial charge in [-0.2, -0.15) is 0 Å². The zero-order chi connectivity index (χ0) is 13.5. The summed E-state index contributed by atoms with van der Waals surface area (Å²) in [6.45, 7) is 3.43. The summed E-state index contributed by atoms with van der Waals surface area (Å²) in [7, 11) is 0. The number of anilines is 1. The maximum Gasteiger partial charge on any atom is 0.242 e. The lowest BCUT2D eigenvalue weighted by atomic mass is 10.3. The van der Waals surface area contributed by atoms with Crippen LogP contribution in [0.4, 0.5) is 5.69 Å². The molecule has 1 amide bonds. The van der Waals surface area contributed by atoms with Gasteiger partial charge in [0, 0.05) is 12.2 Å². The van der Waals surface area contributed by atoms with Gasteiger partial charge in [-0.15, -0.1) is 0 Å². The fraction of sp³-hybridized carbons (Fsp3) is 0.267. The van der Waals surface area contributed by atoms with E-state index in [1.165, 1.54) is 0 Å². The predicted molar refractivity (Wildman–Crippen MR) is 74.7 cm³/mol. The number of hydrogen-bond acceptors (Lipinski definition) is 3. The van der Waals surface area contributed by atoms with E-state index < -0.39 is 0 Å². The first-order valence-electron chi connectivity index (χ1n) is 6.38. The van der Waals surface area contributed by atoms with E-state index in [0.717, 1.165) is 11.4 Å². The molecule has 0 saturated heterocycles. The van der Waals surface area contributed by atoms with Gasteiger partial charge < -0.3 is 14.6 Å². The van der Waals surface area contributed by atoms with Crippen molar-refractivity contribution >= 4 is 11.6 Å². The Morgan fingerprint density at radius 1 is 1.21 bits per heavy atom. The molecule has 0 aliphatic carbocycles. The molecule has 1 aromatic carbocycles. The van der Waals surface area contributed by atoms with Gasteiger partial charge in [0.15, 0.2) is 0 Å². The quantitative estimate of drug-likeness (QED) is 0.866. The monoisotopic (exact) mass is 258 g/mol. The van der Waals surface area contributed by atoms with Gasteiger partial charge in [-0.3, -0.25) is 4.79 Å². The molecule has 100 valence electrons. The zero-order valence-corrected chi connectivity index (χ0v) is 11.0. The van der Waals surface area contributed by atoms with Crippen molar-refractivity contribution in [1.82, 2.24) is 4.90 Å². The molecule has 1 N–H and O–H groups in total.